The van der Waals surface area contributed by atoms with Gasteiger partial charge in [0.25, 0.3) is 5.91 Å². The molecule has 3 rings (SSSR count). The molecule has 2 aromatic heterocycles. The molecule has 0 unspecified atom stereocenters. The van der Waals surface area contributed by atoms with Crippen LogP contribution < -0.4 is 10.6 Å². The number of carbonyl (C=O) groups is 2. The van der Waals surface area contributed by atoms with Crippen molar-refractivity contribution in [2.45, 2.75) is 6.04 Å². The van der Waals surface area contributed by atoms with Crippen LogP contribution in [0.1, 0.15) is 11.7 Å². The Bertz CT molecular complexity index is 556. The second-order valence-electron chi connectivity index (χ2n) is 3.53. The summed E-state index contributed by atoms with van der Waals surface area (Å²) in [5.41, 5.74) is 1.28. The molecule has 0 saturated carbocycles. The van der Waals surface area contributed by atoms with Gasteiger partial charge in [-0.25, -0.2) is 9.78 Å². The molecular weight excluding hydrogens is 208 g/mol. The van der Waals surface area contributed by atoms with Crippen molar-refractivity contribution in [3.63, 3.8) is 0 Å². The fraction of sp³-hybridized carbons (Fsp3) is 0.100. The lowest BCUT2D eigenvalue weighted by atomic mass is 10.2. The number of hydrogen-bond donors (Lipinski definition) is 2. The SMILES string of the molecule is O=C1NC(=O)[C@H](c2cn3ccccc3n2)N1. The number of hydrogen-bond acceptors (Lipinski definition) is 3. The highest BCUT2D eigenvalue weighted by atomic mass is 16.2. The predicted molar refractivity (Wildman–Crippen MR) is 54.6 cm³/mol. The van der Waals surface area contributed by atoms with Crippen LogP contribution in [0.4, 0.5) is 4.79 Å². The lowest BCUT2D eigenvalue weighted by Crippen LogP contribution is -2.22. The molecule has 80 valence electrons. The number of carbonyl (C=O) groups excluding carboxylic acids is 2. The summed E-state index contributed by atoms with van der Waals surface area (Å²) in [6.45, 7) is 0. The first kappa shape index (κ1) is 8.90. The summed E-state index contributed by atoms with van der Waals surface area (Å²) in [5.74, 6) is -0.367. The molecule has 0 aliphatic carbocycles. The number of pyridine rings is 1. The molecule has 1 fully saturated rings. The Hall–Kier alpha value is -2.37. The van der Waals surface area contributed by atoms with E-state index in [1.165, 1.54) is 0 Å². The number of amides is 3. The maximum absolute atomic E-state index is 11.4. The minimum atomic E-state index is -0.688. The molecule has 1 atom stereocenters. The molecule has 3 heterocycles. The Balaban J connectivity index is 2.06. The summed E-state index contributed by atoms with van der Waals surface area (Å²) in [5, 5.41) is 4.68. The van der Waals surface area contributed by atoms with Crippen molar-refractivity contribution in [3.8, 4) is 0 Å². The zero-order chi connectivity index (χ0) is 11.1. The highest BCUT2D eigenvalue weighted by Gasteiger charge is 2.32. The van der Waals surface area contributed by atoms with Crippen LogP contribution in [-0.4, -0.2) is 21.3 Å². The monoisotopic (exact) mass is 216 g/mol. The van der Waals surface area contributed by atoms with E-state index in [1.807, 2.05) is 24.4 Å². The van der Waals surface area contributed by atoms with Crippen molar-refractivity contribution in [3.05, 3.63) is 36.3 Å². The van der Waals surface area contributed by atoms with Crippen LogP contribution in [0, 0.1) is 0 Å². The third-order valence-corrected chi connectivity index (χ3v) is 2.45. The Morgan fingerprint density at radius 2 is 2.19 bits per heavy atom. The second kappa shape index (κ2) is 3.06. The third kappa shape index (κ3) is 1.23. The zero-order valence-corrected chi connectivity index (χ0v) is 8.18. The quantitative estimate of drug-likeness (QED) is 0.669. The molecule has 16 heavy (non-hydrogen) atoms. The molecule has 0 spiro atoms. The van der Waals surface area contributed by atoms with E-state index in [0.717, 1.165) is 5.65 Å². The fourth-order valence-corrected chi connectivity index (χ4v) is 1.72. The van der Waals surface area contributed by atoms with Gasteiger partial charge in [-0.1, -0.05) is 6.07 Å². The summed E-state index contributed by atoms with van der Waals surface area (Å²) < 4.78 is 1.80. The van der Waals surface area contributed by atoms with E-state index in [0.29, 0.717) is 5.69 Å². The van der Waals surface area contributed by atoms with Crippen LogP contribution in [0.5, 0.6) is 0 Å². The van der Waals surface area contributed by atoms with Crippen molar-refractivity contribution in [1.29, 1.82) is 0 Å². The highest BCUT2D eigenvalue weighted by molar-refractivity contribution is 6.04. The molecule has 1 saturated heterocycles. The number of imide groups is 1. The Morgan fingerprint density at radius 1 is 1.31 bits per heavy atom. The van der Waals surface area contributed by atoms with Gasteiger partial charge < -0.3 is 9.72 Å². The maximum atomic E-state index is 11.4. The molecule has 0 radical (unpaired) electrons. The number of nitrogens with zero attached hydrogens (tertiary/aromatic N) is 2. The van der Waals surface area contributed by atoms with E-state index in [2.05, 4.69) is 15.6 Å². The van der Waals surface area contributed by atoms with Gasteiger partial charge in [-0.05, 0) is 12.1 Å². The average molecular weight is 216 g/mol. The molecule has 0 bridgehead atoms. The van der Waals surface area contributed by atoms with E-state index in [-0.39, 0.29) is 5.91 Å². The van der Waals surface area contributed by atoms with Crippen LogP contribution in [0.2, 0.25) is 0 Å². The predicted octanol–water partition coefficient (Wildman–Crippen LogP) is 0.215. The van der Waals surface area contributed by atoms with Crippen molar-refractivity contribution in [2.75, 3.05) is 0 Å². The topological polar surface area (TPSA) is 75.5 Å². The number of imidazole rings is 1. The van der Waals surface area contributed by atoms with Crippen LogP contribution in [-0.2, 0) is 4.79 Å². The van der Waals surface area contributed by atoms with Crippen LogP contribution >= 0.6 is 0 Å². The van der Waals surface area contributed by atoms with E-state index < -0.39 is 12.1 Å². The smallest absolute Gasteiger partial charge is 0.321 e. The molecule has 6 heteroatoms. The van der Waals surface area contributed by atoms with Gasteiger partial charge in [-0.3, -0.25) is 10.1 Å². The lowest BCUT2D eigenvalue weighted by Gasteiger charge is -2.00. The van der Waals surface area contributed by atoms with Crippen molar-refractivity contribution in [2.24, 2.45) is 0 Å². The molecule has 2 N–H and O–H groups in total. The molecule has 0 aromatic carbocycles. The van der Waals surface area contributed by atoms with Crippen molar-refractivity contribution in [1.82, 2.24) is 20.0 Å². The van der Waals surface area contributed by atoms with Crippen LogP contribution in [0.25, 0.3) is 5.65 Å². The van der Waals surface area contributed by atoms with Gasteiger partial charge in [-0.15, -0.1) is 0 Å². The molecule has 6 nitrogen and oxygen atoms in total. The van der Waals surface area contributed by atoms with Gasteiger partial charge in [0, 0.05) is 12.4 Å². The molecular formula is C10H8N4O2. The molecule has 1 aliphatic heterocycles. The first-order valence-corrected chi connectivity index (χ1v) is 4.79. The minimum absolute atomic E-state index is 0.367. The zero-order valence-electron chi connectivity index (χ0n) is 8.18. The summed E-state index contributed by atoms with van der Waals surface area (Å²) in [7, 11) is 0. The van der Waals surface area contributed by atoms with Gasteiger partial charge in [0.1, 0.15) is 5.65 Å². The van der Waals surface area contributed by atoms with E-state index in [1.54, 1.807) is 10.6 Å². The van der Waals surface area contributed by atoms with Gasteiger partial charge >= 0.3 is 6.03 Å². The standard InChI is InChI=1S/C10H8N4O2/c15-9-8(12-10(16)13-9)6-5-14-4-2-1-3-7(14)11-6/h1-5,8H,(H2,12,13,15,16)/t8-/m0/s1. The van der Waals surface area contributed by atoms with Gasteiger partial charge in [0.2, 0.25) is 0 Å². The third-order valence-electron chi connectivity index (χ3n) is 2.45. The Morgan fingerprint density at radius 3 is 2.88 bits per heavy atom. The Labute approximate surface area is 90.3 Å². The van der Waals surface area contributed by atoms with Gasteiger partial charge in [0.15, 0.2) is 6.04 Å². The fourth-order valence-electron chi connectivity index (χ4n) is 1.72. The number of rotatable bonds is 1. The summed E-state index contributed by atoms with van der Waals surface area (Å²) in [6, 6.07) is 4.39. The molecule has 1 aliphatic rings. The Kier molecular flexibility index (Phi) is 1.70. The van der Waals surface area contributed by atoms with Gasteiger partial charge in [-0.2, -0.15) is 0 Å². The van der Waals surface area contributed by atoms with Crippen LogP contribution in [0.15, 0.2) is 30.6 Å². The van der Waals surface area contributed by atoms with Crippen molar-refractivity contribution < 1.29 is 9.59 Å². The number of nitrogens with one attached hydrogen (secondary N) is 2. The lowest BCUT2D eigenvalue weighted by molar-refractivity contribution is -0.120. The first-order valence-electron chi connectivity index (χ1n) is 4.79. The first-order chi connectivity index (χ1) is 7.74. The normalized spacial score (nSPS) is 19.9. The maximum Gasteiger partial charge on any atom is 0.322 e. The number of aromatic nitrogens is 2. The van der Waals surface area contributed by atoms with Crippen molar-refractivity contribution >= 4 is 17.6 Å². The highest BCUT2D eigenvalue weighted by Crippen LogP contribution is 2.16. The molecule has 3 amide bonds. The summed E-state index contributed by atoms with van der Waals surface area (Å²) in [6.07, 6.45) is 3.56. The average Bonchev–Trinajstić information content (AvgIpc) is 2.81. The van der Waals surface area contributed by atoms with E-state index in [9.17, 15) is 9.59 Å². The van der Waals surface area contributed by atoms with E-state index in [4.69, 9.17) is 0 Å². The largest absolute Gasteiger partial charge is 0.322 e. The summed E-state index contributed by atoms with van der Waals surface area (Å²) in [4.78, 5) is 26.7. The second-order valence-corrected chi connectivity index (χ2v) is 3.53. The number of urea groups is 1. The van der Waals surface area contributed by atoms with Gasteiger partial charge in [0.05, 0.1) is 5.69 Å². The summed E-state index contributed by atoms with van der Waals surface area (Å²) >= 11 is 0. The number of fused-ring (bicyclic) bond motifs is 1. The molecule has 2 aromatic rings. The minimum Gasteiger partial charge on any atom is -0.321 e. The van der Waals surface area contributed by atoms with E-state index >= 15 is 0 Å². The van der Waals surface area contributed by atoms with Crippen LogP contribution in [0.3, 0.4) is 0 Å².